The zero-order valence-electron chi connectivity index (χ0n) is 14.7. The predicted octanol–water partition coefficient (Wildman–Crippen LogP) is 4.83. The number of benzene rings is 3. The number of rotatable bonds is 4. The molecule has 4 rings (SSSR count). The summed E-state index contributed by atoms with van der Waals surface area (Å²) >= 11 is 0. The van der Waals surface area contributed by atoms with Gasteiger partial charge in [0.25, 0.3) is 0 Å². The first-order chi connectivity index (χ1) is 13.2. The summed E-state index contributed by atoms with van der Waals surface area (Å²) in [5, 5.41) is 27.0. The average Bonchev–Trinajstić information content (AvgIpc) is 3.20. The Balaban J connectivity index is 1.72. The SMILES string of the molecule is COc1cccc(-c2ccc(-c3cn[nH]c3-c3cccc(O)c3O)cc2)c1. The van der Waals surface area contributed by atoms with Crippen molar-refractivity contribution in [3.8, 4) is 50.8 Å². The molecule has 0 aliphatic rings. The number of aromatic amines is 1. The summed E-state index contributed by atoms with van der Waals surface area (Å²) in [7, 11) is 1.65. The minimum absolute atomic E-state index is 0.165. The van der Waals surface area contributed by atoms with Crippen LogP contribution in [0, 0.1) is 0 Å². The number of nitrogens with one attached hydrogen (secondary N) is 1. The maximum Gasteiger partial charge on any atom is 0.167 e. The van der Waals surface area contributed by atoms with Crippen molar-refractivity contribution >= 4 is 0 Å². The Morgan fingerprint density at radius 2 is 1.56 bits per heavy atom. The molecule has 27 heavy (non-hydrogen) atoms. The van der Waals surface area contributed by atoms with Crippen LogP contribution in [0.4, 0.5) is 0 Å². The predicted molar refractivity (Wildman–Crippen MR) is 105 cm³/mol. The van der Waals surface area contributed by atoms with Crippen molar-refractivity contribution in [2.45, 2.75) is 0 Å². The van der Waals surface area contributed by atoms with E-state index >= 15 is 0 Å². The van der Waals surface area contributed by atoms with Crippen LogP contribution in [0.1, 0.15) is 0 Å². The average molecular weight is 358 g/mol. The van der Waals surface area contributed by atoms with Gasteiger partial charge in [0.2, 0.25) is 0 Å². The summed E-state index contributed by atoms with van der Waals surface area (Å²) in [5.74, 6) is 0.477. The second-order valence-electron chi connectivity index (χ2n) is 6.14. The van der Waals surface area contributed by atoms with Crippen LogP contribution in [0.2, 0.25) is 0 Å². The second kappa shape index (κ2) is 6.88. The molecule has 0 fully saturated rings. The van der Waals surface area contributed by atoms with Crippen LogP contribution in [0.25, 0.3) is 33.5 Å². The Bertz CT molecular complexity index is 1080. The summed E-state index contributed by atoms with van der Waals surface area (Å²) < 4.78 is 5.29. The van der Waals surface area contributed by atoms with Crippen LogP contribution < -0.4 is 4.74 Å². The molecule has 0 aliphatic carbocycles. The molecule has 0 bridgehead atoms. The van der Waals surface area contributed by atoms with Gasteiger partial charge in [-0.15, -0.1) is 0 Å². The third-order valence-electron chi connectivity index (χ3n) is 4.52. The lowest BCUT2D eigenvalue weighted by Crippen LogP contribution is -1.86. The van der Waals surface area contributed by atoms with E-state index in [4.69, 9.17) is 4.74 Å². The van der Waals surface area contributed by atoms with Crippen molar-refractivity contribution < 1.29 is 14.9 Å². The number of ether oxygens (including phenoxy) is 1. The third kappa shape index (κ3) is 3.11. The van der Waals surface area contributed by atoms with Gasteiger partial charge in [0.05, 0.1) is 19.0 Å². The molecular weight excluding hydrogens is 340 g/mol. The molecule has 1 heterocycles. The molecule has 3 aromatic carbocycles. The molecule has 5 nitrogen and oxygen atoms in total. The summed E-state index contributed by atoms with van der Waals surface area (Å²) in [6, 6.07) is 20.8. The van der Waals surface area contributed by atoms with Gasteiger partial charge in [-0.05, 0) is 41.0 Å². The highest BCUT2D eigenvalue weighted by Gasteiger charge is 2.15. The Hall–Kier alpha value is -3.73. The normalized spacial score (nSPS) is 10.7. The number of H-pyrrole nitrogens is 1. The van der Waals surface area contributed by atoms with Crippen molar-refractivity contribution in [2.75, 3.05) is 7.11 Å². The van der Waals surface area contributed by atoms with E-state index in [9.17, 15) is 10.2 Å². The van der Waals surface area contributed by atoms with Gasteiger partial charge in [0, 0.05) is 11.1 Å². The van der Waals surface area contributed by atoms with E-state index in [0.717, 1.165) is 28.0 Å². The molecule has 0 atom stereocenters. The van der Waals surface area contributed by atoms with E-state index in [1.807, 2.05) is 48.5 Å². The molecule has 4 aromatic rings. The van der Waals surface area contributed by atoms with E-state index in [2.05, 4.69) is 10.2 Å². The van der Waals surface area contributed by atoms with Crippen LogP contribution in [-0.4, -0.2) is 27.5 Å². The fourth-order valence-corrected chi connectivity index (χ4v) is 3.09. The molecule has 1 aromatic heterocycles. The highest BCUT2D eigenvalue weighted by atomic mass is 16.5. The van der Waals surface area contributed by atoms with E-state index < -0.39 is 0 Å². The van der Waals surface area contributed by atoms with E-state index in [1.165, 1.54) is 6.07 Å². The number of phenols is 2. The molecule has 0 spiro atoms. The molecule has 134 valence electrons. The number of phenolic OH excluding ortho intramolecular Hbond substituents is 2. The van der Waals surface area contributed by atoms with Gasteiger partial charge >= 0.3 is 0 Å². The fourth-order valence-electron chi connectivity index (χ4n) is 3.09. The quantitative estimate of drug-likeness (QED) is 0.457. The maximum absolute atomic E-state index is 10.2. The lowest BCUT2D eigenvalue weighted by atomic mass is 9.98. The molecule has 0 saturated heterocycles. The lowest BCUT2D eigenvalue weighted by molar-refractivity contribution is 0.405. The fraction of sp³-hybridized carbons (Fsp3) is 0.0455. The number of para-hydroxylation sites is 1. The molecule has 0 aliphatic heterocycles. The van der Waals surface area contributed by atoms with Crippen molar-refractivity contribution in [1.82, 2.24) is 10.2 Å². The second-order valence-corrected chi connectivity index (χ2v) is 6.14. The first-order valence-corrected chi connectivity index (χ1v) is 8.47. The number of nitrogens with zero attached hydrogens (tertiary/aromatic N) is 1. The topological polar surface area (TPSA) is 78.4 Å². The van der Waals surface area contributed by atoms with Gasteiger partial charge < -0.3 is 14.9 Å². The van der Waals surface area contributed by atoms with Crippen LogP contribution in [0.15, 0.2) is 72.9 Å². The molecule has 0 radical (unpaired) electrons. The Morgan fingerprint density at radius 3 is 2.33 bits per heavy atom. The zero-order chi connectivity index (χ0) is 18.8. The number of aromatic nitrogens is 2. The van der Waals surface area contributed by atoms with Gasteiger partial charge in [-0.1, -0.05) is 42.5 Å². The van der Waals surface area contributed by atoms with Gasteiger partial charge in [0.15, 0.2) is 11.5 Å². The molecular formula is C22H18N2O3. The number of hydrogen-bond acceptors (Lipinski definition) is 4. The highest BCUT2D eigenvalue weighted by molar-refractivity contribution is 5.84. The summed E-state index contributed by atoms with van der Waals surface area (Å²) in [6.45, 7) is 0. The van der Waals surface area contributed by atoms with Gasteiger partial charge in [-0.3, -0.25) is 5.10 Å². The van der Waals surface area contributed by atoms with E-state index in [-0.39, 0.29) is 11.5 Å². The minimum atomic E-state index is -0.170. The molecule has 0 unspecified atom stereocenters. The Labute approximate surface area is 156 Å². The highest BCUT2D eigenvalue weighted by Crippen LogP contribution is 2.39. The lowest BCUT2D eigenvalue weighted by Gasteiger charge is -2.09. The van der Waals surface area contributed by atoms with Crippen LogP contribution >= 0.6 is 0 Å². The first-order valence-electron chi connectivity index (χ1n) is 8.47. The van der Waals surface area contributed by atoms with Gasteiger partial charge in [0.1, 0.15) is 5.75 Å². The Kier molecular flexibility index (Phi) is 4.26. The van der Waals surface area contributed by atoms with Crippen LogP contribution in [-0.2, 0) is 0 Å². The smallest absolute Gasteiger partial charge is 0.167 e. The third-order valence-corrected chi connectivity index (χ3v) is 4.52. The van der Waals surface area contributed by atoms with Crippen LogP contribution in [0.3, 0.4) is 0 Å². The summed E-state index contributed by atoms with van der Waals surface area (Å²) in [5.41, 5.74) is 5.08. The molecule has 3 N–H and O–H groups in total. The summed E-state index contributed by atoms with van der Waals surface area (Å²) in [6.07, 6.45) is 1.71. The molecule has 5 heteroatoms. The van der Waals surface area contributed by atoms with Gasteiger partial charge in [-0.2, -0.15) is 5.10 Å². The minimum Gasteiger partial charge on any atom is -0.504 e. The zero-order valence-corrected chi connectivity index (χ0v) is 14.7. The molecule has 0 amide bonds. The first kappa shape index (κ1) is 16.7. The largest absolute Gasteiger partial charge is 0.504 e. The van der Waals surface area contributed by atoms with Crippen molar-refractivity contribution in [3.63, 3.8) is 0 Å². The standard InChI is InChI=1S/C22H18N2O3/c1-27-17-5-2-4-16(12-17)14-8-10-15(11-9-14)19-13-23-24-21(19)18-6-3-7-20(25)22(18)26/h2-13,25-26H,1H3,(H,23,24). The van der Waals surface area contributed by atoms with Crippen LogP contribution in [0.5, 0.6) is 17.2 Å². The van der Waals surface area contributed by atoms with E-state index in [1.54, 1.807) is 25.4 Å². The number of methoxy groups -OCH3 is 1. The van der Waals surface area contributed by atoms with Crippen molar-refractivity contribution in [3.05, 3.63) is 72.9 Å². The van der Waals surface area contributed by atoms with Gasteiger partial charge in [-0.25, -0.2) is 0 Å². The Morgan fingerprint density at radius 1 is 0.815 bits per heavy atom. The molecule has 0 saturated carbocycles. The van der Waals surface area contributed by atoms with Crippen molar-refractivity contribution in [2.24, 2.45) is 0 Å². The summed E-state index contributed by atoms with van der Waals surface area (Å²) in [4.78, 5) is 0. The maximum atomic E-state index is 10.2. The number of aromatic hydroxyl groups is 2. The van der Waals surface area contributed by atoms with E-state index in [0.29, 0.717) is 11.3 Å². The monoisotopic (exact) mass is 358 g/mol. The van der Waals surface area contributed by atoms with Crippen molar-refractivity contribution in [1.29, 1.82) is 0 Å². The number of hydrogen-bond donors (Lipinski definition) is 3.